The van der Waals surface area contributed by atoms with Gasteiger partial charge in [-0.15, -0.1) is 0 Å². The number of pyridine rings is 2. The molecule has 0 unspecified atom stereocenters. The van der Waals surface area contributed by atoms with Crippen LogP contribution in [0.2, 0.25) is 0 Å². The summed E-state index contributed by atoms with van der Waals surface area (Å²) in [5.41, 5.74) is 5.69. The molecule has 1 saturated heterocycles. The minimum absolute atomic E-state index is 0.0905. The Morgan fingerprint density at radius 3 is 2.68 bits per heavy atom. The first-order chi connectivity index (χ1) is 17.6. The van der Waals surface area contributed by atoms with E-state index in [0.29, 0.717) is 28.3 Å². The van der Waals surface area contributed by atoms with Crippen molar-refractivity contribution < 1.29 is 14.6 Å². The zero-order valence-corrected chi connectivity index (χ0v) is 22.6. The number of hydrogen-bond donors (Lipinski definition) is 4. The van der Waals surface area contributed by atoms with Crippen molar-refractivity contribution in [1.82, 2.24) is 19.8 Å². The van der Waals surface area contributed by atoms with Crippen LogP contribution in [-0.4, -0.2) is 84.0 Å². The lowest BCUT2D eigenvalue weighted by atomic mass is 10.1. The van der Waals surface area contributed by atoms with Gasteiger partial charge in [-0.05, 0) is 51.1 Å². The largest absolute Gasteiger partial charge is 0.476 e. The highest BCUT2D eigenvalue weighted by atomic mass is 16.5. The first-order valence-electron chi connectivity index (χ1n) is 12.7. The molecular formula is C26H41N7O4. The maximum absolute atomic E-state index is 13.1. The van der Waals surface area contributed by atoms with Crippen LogP contribution in [0.1, 0.15) is 33.6 Å². The van der Waals surface area contributed by atoms with E-state index in [2.05, 4.69) is 25.5 Å². The van der Waals surface area contributed by atoms with Gasteiger partial charge in [-0.2, -0.15) is 0 Å². The van der Waals surface area contributed by atoms with Gasteiger partial charge in [0.05, 0.1) is 18.6 Å². The molecular weight excluding hydrogens is 474 g/mol. The van der Waals surface area contributed by atoms with E-state index in [-0.39, 0.29) is 36.2 Å². The van der Waals surface area contributed by atoms with Gasteiger partial charge in [0, 0.05) is 58.1 Å². The van der Waals surface area contributed by atoms with Crippen LogP contribution in [0.4, 0.5) is 11.6 Å². The number of aliphatic imine (C=N–C) groups is 1. The van der Waals surface area contributed by atoms with Crippen molar-refractivity contribution in [2.75, 3.05) is 52.3 Å². The van der Waals surface area contributed by atoms with Gasteiger partial charge in [0.25, 0.3) is 5.56 Å². The van der Waals surface area contributed by atoms with Crippen molar-refractivity contribution in [2.45, 2.75) is 51.8 Å². The smallest absolute Gasteiger partial charge is 0.262 e. The van der Waals surface area contributed by atoms with Gasteiger partial charge >= 0.3 is 0 Å². The minimum atomic E-state index is -0.343. The van der Waals surface area contributed by atoms with E-state index in [1.807, 2.05) is 26.8 Å². The van der Waals surface area contributed by atoms with Crippen molar-refractivity contribution in [3.8, 4) is 0 Å². The number of fused-ring (bicyclic) bond motifs is 1. The van der Waals surface area contributed by atoms with Crippen LogP contribution >= 0.6 is 0 Å². The van der Waals surface area contributed by atoms with Gasteiger partial charge < -0.3 is 40.4 Å². The number of piperidine rings is 1. The number of likely N-dealkylation sites (tertiary alicyclic amines) is 1. The molecule has 0 aliphatic carbocycles. The number of methoxy groups -OCH3 is 1. The Morgan fingerprint density at radius 1 is 1.32 bits per heavy atom. The summed E-state index contributed by atoms with van der Waals surface area (Å²) in [4.78, 5) is 24.5. The molecule has 0 aromatic carbocycles. The van der Waals surface area contributed by atoms with Crippen molar-refractivity contribution >= 4 is 28.2 Å². The predicted molar refractivity (Wildman–Crippen MR) is 147 cm³/mol. The topological polar surface area (TPSA) is 139 Å². The average Bonchev–Trinajstić information content (AvgIpc) is 2.83. The van der Waals surface area contributed by atoms with Gasteiger partial charge in [0.2, 0.25) is 0 Å². The van der Waals surface area contributed by atoms with Gasteiger partial charge in [-0.3, -0.25) is 4.79 Å². The lowest BCUT2D eigenvalue weighted by molar-refractivity contribution is 0.0354. The maximum Gasteiger partial charge on any atom is 0.262 e. The number of nitrogens with one attached hydrogen (secondary N) is 2. The number of aliphatic hydroxyl groups excluding tert-OH is 1. The summed E-state index contributed by atoms with van der Waals surface area (Å²) in [6.07, 6.45) is 5.24. The number of anilines is 1. The van der Waals surface area contributed by atoms with Crippen LogP contribution in [0.25, 0.3) is 10.8 Å². The Morgan fingerprint density at radius 2 is 2.05 bits per heavy atom. The molecule has 3 heterocycles. The molecule has 0 amide bonds. The molecule has 0 bridgehead atoms. The normalized spacial score (nSPS) is 16.3. The van der Waals surface area contributed by atoms with Gasteiger partial charge in [0.1, 0.15) is 17.8 Å². The molecule has 0 atom stereocenters. The van der Waals surface area contributed by atoms with E-state index in [1.54, 1.807) is 32.5 Å². The van der Waals surface area contributed by atoms with Crippen molar-refractivity contribution in [3.63, 3.8) is 0 Å². The Balaban J connectivity index is 1.84. The third-order valence-corrected chi connectivity index (χ3v) is 5.99. The Hall–Kier alpha value is -3.15. The second-order valence-corrected chi connectivity index (χ2v) is 10.2. The van der Waals surface area contributed by atoms with Crippen molar-refractivity contribution in [1.29, 1.82) is 0 Å². The SMILES string of the molecule is CN/C(=C\C(N)=Nc1cc2ccn(CCO)c(=O)c2c(NC(C)(C)C)n1)OC1CCN(CCOC)CC1. The van der Waals surface area contributed by atoms with Crippen LogP contribution in [0.15, 0.2) is 40.1 Å². The number of aromatic nitrogens is 2. The molecule has 5 N–H and O–H groups in total. The van der Waals surface area contributed by atoms with Gasteiger partial charge in [0.15, 0.2) is 11.7 Å². The van der Waals surface area contributed by atoms with Crippen molar-refractivity contribution in [3.05, 3.63) is 40.6 Å². The molecule has 0 spiro atoms. The molecule has 204 valence electrons. The molecule has 11 heteroatoms. The number of rotatable bonds is 11. The average molecular weight is 516 g/mol. The highest BCUT2D eigenvalue weighted by Gasteiger charge is 2.21. The first kappa shape index (κ1) is 28.4. The summed E-state index contributed by atoms with van der Waals surface area (Å²) in [5.74, 6) is 1.55. The highest BCUT2D eigenvalue weighted by molar-refractivity contribution is 5.96. The molecule has 3 rings (SSSR count). The highest BCUT2D eigenvalue weighted by Crippen LogP contribution is 2.26. The summed E-state index contributed by atoms with van der Waals surface area (Å²) >= 11 is 0. The third kappa shape index (κ3) is 8.17. The molecule has 11 nitrogen and oxygen atoms in total. The first-order valence-corrected chi connectivity index (χ1v) is 12.7. The standard InChI is InChI=1S/C26H41N7O4/c1-26(2,3)31-24-23-18(6-11-33(12-14-34)25(23)35)16-21(30-24)29-20(27)17-22(28-4)37-19-7-9-32(10-8-19)13-15-36-5/h6,11,16-17,19,28,34H,7-10,12-15H2,1-5H3,(H3,27,29,30,31)/b22-17+. The van der Waals surface area contributed by atoms with E-state index < -0.39 is 0 Å². The van der Waals surface area contributed by atoms with E-state index >= 15 is 0 Å². The fourth-order valence-electron chi connectivity index (χ4n) is 4.19. The summed E-state index contributed by atoms with van der Waals surface area (Å²) in [6, 6.07) is 3.54. The Bertz CT molecular complexity index is 1160. The van der Waals surface area contributed by atoms with Crippen LogP contribution in [0.5, 0.6) is 0 Å². The van der Waals surface area contributed by atoms with Gasteiger partial charge in [-0.25, -0.2) is 9.98 Å². The lowest BCUT2D eigenvalue weighted by Gasteiger charge is -2.32. The number of hydrogen-bond acceptors (Lipinski definition) is 9. The minimum Gasteiger partial charge on any atom is -0.476 e. The zero-order chi connectivity index (χ0) is 27.0. The second kappa shape index (κ2) is 12.9. The van der Waals surface area contributed by atoms with Gasteiger partial charge in [-0.1, -0.05) is 0 Å². The summed E-state index contributed by atoms with van der Waals surface area (Å²) in [6.45, 7) is 9.62. The number of amidine groups is 1. The van der Waals surface area contributed by atoms with Crippen LogP contribution in [-0.2, 0) is 16.0 Å². The molecule has 2 aromatic rings. The fraction of sp³-hybridized carbons (Fsp3) is 0.577. The molecule has 1 fully saturated rings. The molecule has 0 radical (unpaired) electrons. The monoisotopic (exact) mass is 515 g/mol. The quantitative estimate of drug-likeness (QED) is 0.200. The van der Waals surface area contributed by atoms with E-state index in [9.17, 15) is 9.90 Å². The summed E-state index contributed by atoms with van der Waals surface area (Å²) in [7, 11) is 3.50. The Labute approximate surface area is 218 Å². The maximum atomic E-state index is 13.1. The van der Waals surface area contributed by atoms with Crippen LogP contribution < -0.4 is 21.9 Å². The van der Waals surface area contributed by atoms with Crippen LogP contribution in [0.3, 0.4) is 0 Å². The van der Waals surface area contributed by atoms with E-state index in [4.69, 9.17) is 15.2 Å². The zero-order valence-electron chi connectivity index (χ0n) is 22.6. The van der Waals surface area contributed by atoms with Crippen molar-refractivity contribution in [2.24, 2.45) is 10.7 Å². The predicted octanol–water partition coefficient (Wildman–Crippen LogP) is 1.78. The summed E-state index contributed by atoms with van der Waals surface area (Å²) < 4.78 is 12.8. The van der Waals surface area contributed by atoms with E-state index in [1.165, 1.54) is 4.57 Å². The number of aliphatic hydroxyl groups is 1. The number of ether oxygens (including phenoxy) is 2. The number of nitrogens with two attached hydrogens (primary N) is 1. The number of nitrogens with zero attached hydrogens (tertiary/aromatic N) is 4. The third-order valence-electron chi connectivity index (χ3n) is 5.99. The molecule has 1 aliphatic rings. The fourth-order valence-corrected chi connectivity index (χ4v) is 4.19. The molecule has 37 heavy (non-hydrogen) atoms. The second-order valence-electron chi connectivity index (χ2n) is 10.2. The molecule has 1 aliphatic heterocycles. The molecule has 0 saturated carbocycles. The van der Waals surface area contributed by atoms with E-state index in [0.717, 1.165) is 39.1 Å². The van der Waals surface area contributed by atoms with Crippen LogP contribution in [0, 0.1) is 0 Å². The molecule has 2 aromatic heterocycles. The lowest BCUT2D eigenvalue weighted by Crippen LogP contribution is -2.39. The summed E-state index contributed by atoms with van der Waals surface area (Å²) in [5, 5.41) is 16.8. The Kier molecular flexibility index (Phi) is 9.90.